The van der Waals surface area contributed by atoms with Crippen LogP contribution in [0.5, 0.6) is 0 Å². The van der Waals surface area contributed by atoms with Gasteiger partial charge in [0, 0.05) is 0 Å². The molecule has 0 aliphatic carbocycles. The van der Waals surface area contributed by atoms with Crippen LogP contribution in [0.2, 0.25) is 0 Å². The van der Waals surface area contributed by atoms with Crippen LogP contribution >= 0.6 is 0 Å². The zero-order valence-corrected chi connectivity index (χ0v) is 23.3. The lowest BCUT2D eigenvalue weighted by Crippen LogP contribution is -2.57. The highest BCUT2D eigenvalue weighted by Gasteiger charge is 2.47. The lowest BCUT2D eigenvalue weighted by molar-refractivity contribution is -0.442. The molecule has 0 amide bonds. The van der Waals surface area contributed by atoms with Crippen LogP contribution in [-0.4, -0.2) is 78.8 Å². The predicted octanol–water partition coefficient (Wildman–Crippen LogP) is 3.54. The van der Waals surface area contributed by atoms with Gasteiger partial charge in [0.25, 0.3) is 0 Å². The standard InChI is InChI=1S/C27H40O12/c1-20(33-17-21-13-9-7-10-14-21)24(37-30-4)26(34-18-22-15-11-8-12-16-22)27(39-32-6)25(38-31-5)23(36-29-3)19-35-28-2/h7-16,20,23-27H,17-19H2,1-6H3/t20?,23-,24+,25-,26+,27-/m0/s1. The SMILES string of the molecule is COOC[C@H](OOC)[C@H](OOC)[C@H](OOC)[C@H](OCc1ccccc1)[C@H](OOC)C(C)OCc1ccccc1. The number of benzene rings is 2. The molecule has 0 saturated carbocycles. The summed E-state index contributed by atoms with van der Waals surface area (Å²) < 4.78 is 12.6. The van der Waals surface area contributed by atoms with Crippen molar-refractivity contribution >= 4 is 0 Å². The van der Waals surface area contributed by atoms with Gasteiger partial charge in [-0.2, -0.15) is 0 Å². The van der Waals surface area contributed by atoms with Gasteiger partial charge in [0.15, 0.2) is 18.3 Å². The Balaban J connectivity index is 2.43. The zero-order valence-electron chi connectivity index (χ0n) is 23.3. The molecule has 0 aromatic heterocycles. The molecule has 0 heterocycles. The number of hydrogen-bond acceptors (Lipinski definition) is 12. The van der Waals surface area contributed by atoms with Gasteiger partial charge in [-0.05, 0) is 18.1 Å². The van der Waals surface area contributed by atoms with Gasteiger partial charge in [-0.15, -0.1) is 0 Å². The first-order valence-corrected chi connectivity index (χ1v) is 12.3. The molecule has 12 heteroatoms. The summed E-state index contributed by atoms with van der Waals surface area (Å²) in [5.74, 6) is 0. The quantitative estimate of drug-likeness (QED) is 0.156. The fraction of sp³-hybridized carbons (Fsp3) is 0.556. The molecule has 6 atom stereocenters. The first-order chi connectivity index (χ1) is 19.1. The highest BCUT2D eigenvalue weighted by molar-refractivity contribution is 5.14. The molecule has 0 radical (unpaired) electrons. The summed E-state index contributed by atoms with van der Waals surface area (Å²) in [6.07, 6.45) is -5.37. The van der Waals surface area contributed by atoms with Crippen molar-refractivity contribution in [2.24, 2.45) is 0 Å². The van der Waals surface area contributed by atoms with Crippen LogP contribution < -0.4 is 0 Å². The van der Waals surface area contributed by atoms with Crippen LogP contribution in [-0.2, 0) is 71.6 Å². The monoisotopic (exact) mass is 556 g/mol. The van der Waals surface area contributed by atoms with Crippen molar-refractivity contribution in [3.63, 3.8) is 0 Å². The molecule has 2 aromatic carbocycles. The predicted molar refractivity (Wildman–Crippen MR) is 136 cm³/mol. The van der Waals surface area contributed by atoms with Gasteiger partial charge in [0.2, 0.25) is 0 Å². The van der Waals surface area contributed by atoms with Crippen LogP contribution in [0.4, 0.5) is 0 Å². The lowest BCUT2D eigenvalue weighted by Gasteiger charge is -2.38. The van der Waals surface area contributed by atoms with Crippen molar-refractivity contribution in [2.45, 2.75) is 56.8 Å². The van der Waals surface area contributed by atoms with E-state index in [-0.39, 0.29) is 13.2 Å². The molecular formula is C27H40O12. The topological polar surface area (TPSA) is 111 Å². The van der Waals surface area contributed by atoms with E-state index >= 15 is 0 Å². The summed E-state index contributed by atoms with van der Waals surface area (Å²) in [7, 11) is 6.79. The first-order valence-electron chi connectivity index (χ1n) is 12.3. The summed E-state index contributed by atoms with van der Waals surface area (Å²) in [6.45, 7) is 2.22. The minimum atomic E-state index is -1.05. The van der Waals surface area contributed by atoms with E-state index in [1.54, 1.807) is 0 Å². The smallest absolute Gasteiger partial charge is 0.156 e. The highest BCUT2D eigenvalue weighted by atomic mass is 17.2. The molecule has 39 heavy (non-hydrogen) atoms. The molecule has 0 aliphatic rings. The molecule has 0 N–H and O–H groups in total. The second kappa shape index (κ2) is 19.9. The Kier molecular flexibility index (Phi) is 16.9. The van der Waals surface area contributed by atoms with Crippen molar-refractivity contribution in [2.75, 3.05) is 42.2 Å². The van der Waals surface area contributed by atoms with E-state index in [2.05, 4.69) is 0 Å². The van der Waals surface area contributed by atoms with Crippen molar-refractivity contribution in [3.8, 4) is 0 Å². The fourth-order valence-electron chi connectivity index (χ4n) is 3.83. The normalized spacial score (nSPS) is 16.4. The fourth-order valence-corrected chi connectivity index (χ4v) is 3.83. The highest BCUT2D eigenvalue weighted by Crippen LogP contribution is 2.26. The third-order valence-corrected chi connectivity index (χ3v) is 5.63. The molecule has 2 rings (SSSR count). The number of hydrogen-bond donors (Lipinski definition) is 0. The Bertz CT molecular complexity index is 843. The zero-order chi connectivity index (χ0) is 28.3. The van der Waals surface area contributed by atoms with E-state index in [0.29, 0.717) is 6.61 Å². The van der Waals surface area contributed by atoms with Gasteiger partial charge in [0.1, 0.15) is 18.8 Å². The third kappa shape index (κ3) is 11.5. The third-order valence-electron chi connectivity index (χ3n) is 5.63. The van der Waals surface area contributed by atoms with Crippen LogP contribution in [0.25, 0.3) is 0 Å². The molecule has 0 fully saturated rings. The van der Waals surface area contributed by atoms with E-state index in [0.717, 1.165) is 11.1 Å². The van der Waals surface area contributed by atoms with Crippen LogP contribution in [0.1, 0.15) is 18.1 Å². The molecule has 0 aliphatic heterocycles. The van der Waals surface area contributed by atoms with Crippen LogP contribution in [0, 0.1) is 0 Å². The minimum absolute atomic E-state index is 0.122. The largest absolute Gasteiger partial charge is 0.371 e. The number of rotatable bonds is 22. The second-order valence-corrected chi connectivity index (χ2v) is 8.20. The molecule has 0 spiro atoms. The molecule has 0 saturated heterocycles. The van der Waals surface area contributed by atoms with Crippen molar-refractivity contribution in [1.29, 1.82) is 0 Å². The Morgan fingerprint density at radius 3 is 1.51 bits per heavy atom. The first kappa shape index (κ1) is 33.2. The molecule has 12 nitrogen and oxygen atoms in total. The average Bonchev–Trinajstić information content (AvgIpc) is 2.97. The van der Waals surface area contributed by atoms with E-state index in [4.69, 9.17) is 58.3 Å². The van der Waals surface area contributed by atoms with Gasteiger partial charge in [-0.3, -0.25) is 0 Å². The van der Waals surface area contributed by atoms with Gasteiger partial charge >= 0.3 is 0 Å². The number of ether oxygens (including phenoxy) is 2. The summed E-state index contributed by atoms with van der Waals surface area (Å²) in [4.78, 5) is 52.4. The van der Waals surface area contributed by atoms with E-state index < -0.39 is 36.6 Å². The Hall–Kier alpha value is -2.04. The maximum absolute atomic E-state index is 6.40. The Morgan fingerprint density at radius 2 is 1.00 bits per heavy atom. The summed E-state index contributed by atoms with van der Waals surface area (Å²) in [5.41, 5.74) is 1.89. The van der Waals surface area contributed by atoms with E-state index in [1.165, 1.54) is 35.5 Å². The van der Waals surface area contributed by atoms with Gasteiger partial charge in [-0.1, -0.05) is 60.7 Å². The van der Waals surface area contributed by atoms with Gasteiger partial charge in [0.05, 0.1) is 54.9 Å². The molecule has 220 valence electrons. The maximum Gasteiger partial charge on any atom is 0.156 e. The lowest BCUT2D eigenvalue weighted by atomic mass is 9.96. The van der Waals surface area contributed by atoms with Gasteiger partial charge in [-0.25, -0.2) is 48.9 Å². The van der Waals surface area contributed by atoms with Gasteiger partial charge < -0.3 is 9.47 Å². The summed E-state index contributed by atoms with van der Waals surface area (Å²) in [6, 6.07) is 19.3. The summed E-state index contributed by atoms with van der Waals surface area (Å²) in [5, 5.41) is 0. The van der Waals surface area contributed by atoms with E-state index in [1.807, 2.05) is 67.6 Å². The Labute approximate surface area is 229 Å². The average molecular weight is 557 g/mol. The van der Waals surface area contributed by atoms with Crippen molar-refractivity contribution in [1.82, 2.24) is 0 Å². The van der Waals surface area contributed by atoms with E-state index in [9.17, 15) is 0 Å². The van der Waals surface area contributed by atoms with Crippen LogP contribution in [0.3, 0.4) is 0 Å². The maximum atomic E-state index is 6.40. The molecule has 1 unspecified atom stereocenters. The van der Waals surface area contributed by atoms with Crippen LogP contribution in [0.15, 0.2) is 60.7 Å². The summed E-state index contributed by atoms with van der Waals surface area (Å²) >= 11 is 0. The molecule has 2 aromatic rings. The van der Waals surface area contributed by atoms with Crippen molar-refractivity contribution < 1.29 is 58.3 Å². The molecule has 0 bridgehead atoms. The second-order valence-electron chi connectivity index (χ2n) is 8.20. The Morgan fingerprint density at radius 1 is 0.513 bits per heavy atom. The molecular weight excluding hydrogens is 516 g/mol. The van der Waals surface area contributed by atoms with Crippen molar-refractivity contribution in [3.05, 3.63) is 71.8 Å². The minimum Gasteiger partial charge on any atom is -0.371 e.